The summed E-state index contributed by atoms with van der Waals surface area (Å²) < 4.78 is 0. The number of nitrogens with zero attached hydrogens (tertiary/aromatic N) is 4. The summed E-state index contributed by atoms with van der Waals surface area (Å²) in [4.78, 5) is 19.8. The average molecular weight is 739 g/mol. The van der Waals surface area contributed by atoms with Crippen LogP contribution >= 0.6 is 0 Å². The van der Waals surface area contributed by atoms with Crippen molar-refractivity contribution in [1.29, 1.82) is 0 Å². The molecule has 0 bridgehead atoms. The molecule has 0 aliphatic heterocycles. The van der Waals surface area contributed by atoms with Crippen molar-refractivity contribution in [2.24, 2.45) is 0 Å². The first-order valence-corrected chi connectivity index (χ1v) is 19.5. The van der Waals surface area contributed by atoms with Crippen LogP contribution in [0.25, 0.3) is 111 Å². The average Bonchev–Trinajstić information content (AvgIpc) is 3.31. The molecule has 11 rings (SSSR count). The fraction of sp³-hybridized carbons (Fsp3) is 0. The van der Waals surface area contributed by atoms with E-state index in [2.05, 4.69) is 169 Å². The Labute approximate surface area is 335 Å². The second kappa shape index (κ2) is 14.0. The van der Waals surface area contributed by atoms with Crippen LogP contribution in [0.3, 0.4) is 0 Å². The number of pyridine rings is 2. The van der Waals surface area contributed by atoms with E-state index in [1.165, 1.54) is 32.5 Å². The third kappa shape index (κ3) is 5.96. The molecule has 0 unspecified atom stereocenters. The number of aromatic nitrogens is 4. The fourth-order valence-electron chi connectivity index (χ4n) is 8.25. The number of para-hydroxylation sites is 1. The van der Waals surface area contributed by atoms with Crippen LogP contribution in [0.2, 0.25) is 0 Å². The summed E-state index contributed by atoms with van der Waals surface area (Å²) in [7, 11) is 0. The summed E-state index contributed by atoms with van der Waals surface area (Å²) in [5.41, 5.74) is 12.2. The second-order valence-electron chi connectivity index (χ2n) is 14.6. The normalized spacial score (nSPS) is 11.4. The van der Waals surface area contributed by atoms with Crippen LogP contribution in [0.15, 0.2) is 206 Å². The van der Waals surface area contributed by atoms with Gasteiger partial charge in [-0.15, -0.1) is 0 Å². The molecule has 0 atom stereocenters. The van der Waals surface area contributed by atoms with Crippen molar-refractivity contribution >= 4 is 43.2 Å². The van der Waals surface area contributed by atoms with Gasteiger partial charge in [-0.3, -0.25) is 4.98 Å². The molecule has 3 aromatic heterocycles. The second-order valence-corrected chi connectivity index (χ2v) is 14.6. The van der Waals surface area contributed by atoms with Crippen molar-refractivity contribution in [2.75, 3.05) is 0 Å². The Bertz CT molecular complexity index is 3250. The van der Waals surface area contributed by atoms with Gasteiger partial charge >= 0.3 is 0 Å². The van der Waals surface area contributed by atoms with Crippen LogP contribution in [-0.2, 0) is 0 Å². The molecule has 0 radical (unpaired) electrons. The number of fused-ring (bicyclic) bond motifs is 6. The van der Waals surface area contributed by atoms with E-state index in [0.29, 0.717) is 5.82 Å². The van der Waals surface area contributed by atoms with Crippen LogP contribution < -0.4 is 0 Å². The van der Waals surface area contributed by atoms with Gasteiger partial charge in [0, 0.05) is 39.0 Å². The summed E-state index contributed by atoms with van der Waals surface area (Å²) in [6, 6.07) is 70.6. The molecular weight excluding hydrogens is 705 g/mol. The quantitative estimate of drug-likeness (QED) is 0.159. The Balaban J connectivity index is 0.993. The van der Waals surface area contributed by atoms with E-state index in [4.69, 9.17) is 15.0 Å². The SMILES string of the molecule is c1ccc(-c2cc(-c3ccc(-c4ccc(-c5cc6c(-c7ccc8ccccc8c7)nc7ccccc7c6c6ccccc56)cc4)cc3)nc(-c3ccccn3)n2)cc1. The number of hydrogen-bond acceptors (Lipinski definition) is 4. The minimum atomic E-state index is 0.603. The molecule has 0 aliphatic carbocycles. The fourth-order valence-corrected chi connectivity index (χ4v) is 8.25. The van der Waals surface area contributed by atoms with E-state index in [1.807, 2.05) is 36.4 Å². The van der Waals surface area contributed by atoms with Crippen LogP contribution in [0.1, 0.15) is 0 Å². The molecule has 4 nitrogen and oxygen atoms in total. The van der Waals surface area contributed by atoms with Crippen molar-refractivity contribution in [2.45, 2.75) is 0 Å². The van der Waals surface area contributed by atoms with Gasteiger partial charge < -0.3 is 0 Å². The minimum Gasteiger partial charge on any atom is -0.253 e. The molecule has 0 amide bonds. The molecule has 270 valence electrons. The largest absolute Gasteiger partial charge is 0.253 e. The van der Waals surface area contributed by atoms with Crippen LogP contribution in [0.5, 0.6) is 0 Å². The van der Waals surface area contributed by atoms with Crippen molar-refractivity contribution in [3.63, 3.8) is 0 Å². The summed E-state index contributed by atoms with van der Waals surface area (Å²) in [5, 5.41) is 8.41. The van der Waals surface area contributed by atoms with Crippen molar-refractivity contribution in [3.05, 3.63) is 206 Å². The smallest absolute Gasteiger partial charge is 0.179 e. The van der Waals surface area contributed by atoms with Gasteiger partial charge in [-0.25, -0.2) is 15.0 Å². The molecular formula is C54H34N4. The molecule has 0 saturated carbocycles. The first-order chi connectivity index (χ1) is 28.7. The first-order valence-electron chi connectivity index (χ1n) is 19.5. The lowest BCUT2D eigenvalue weighted by molar-refractivity contribution is 1.15. The van der Waals surface area contributed by atoms with Gasteiger partial charge in [0.05, 0.1) is 22.6 Å². The van der Waals surface area contributed by atoms with Crippen molar-refractivity contribution < 1.29 is 0 Å². The van der Waals surface area contributed by atoms with Gasteiger partial charge in [0.15, 0.2) is 5.82 Å². The highest BCUT2D eigenvalue weighted by atomic mass is 14.9. The predicted octanol–water partition coefficient (Wildman–Crippen LogP) is 13.9. The van der Waals surface area contributed by atoms with E-state index >= 15 is 0 Å². The Kier molecular flexibility index (Phi) is 8.11. The summed E-state index contributed by atoms with van der Waals surface area (Å²) >= 11 is 0. The minimum absolute atomic E-state index is 0.603. The lowest BCUT2D eigenvalue weighted by atomic mass is 9.89. The third-order valence-electron chi connectivity index (χ3n) is 11.1. The Hall–Kier alpha value is -7.82. The van der Waals surface area contributed by atoms with Gasteiger partial charge in [0.25, 0.3) is 0 Å². The molecule has 4 heteroatoms. The number of hydrogen-bond donors (Lipinski definition) is 0. The standard InChI is InChI=1S/C54H34N4/c1-2-13-39(14-3-1)50-34-51(58-54(57-50)49-20-10-11-31-55-49)40-28-23-37(24-29-40)36-21-26-38(27-22-36)46-33-47-52(44-17-7-6-16-43(44)46)45-18-8-9-19-48(45)56-53(47)42-30-25-35-12-4-5-15-41(35)32-42/h1-34H. The highest BCUT2D eigenvalue weighted by Crippen LogP contribution is 2.42. The Morgan fingerprint density at radius 1 is 0.310 bits per heavy atom. The lowest BCUT2D eigenvalue weighted by Gasteiger charge is -2.16. The molecule has 58 heavy (non-hydrogen) atoms. The van der Waals surface area contributed by atoms with E-state index in [-0.39, 0.29) is 0 Å². The van der Waals surface area contributed by atoms with Gasteiger partial charge in [-0.05, 0) is 80.2 Å². The first kappa shape index (κ1) is 33.5. The van der Waals surface area contributed by atoms with E-state index < -0.39 is 0 Å². The summed E-state index contributed by atoms with van der Waals surface area (Å²) in [5.74, 6) is 0.603. The van der Waals surface area contributed by atoms with E-state index in [9.17, 15) is 0 Å². The van der Waals surface area contributed by atoms with E-state index in [1.54, 1.807) is 6.20 Å². The monoisotopic (exact) mass is 738 g/mol. The molecule has 0 aliphatic rings. The molecule has 8 aromatic carbocycles. The van der Waals surface area contributed by atoms with E-state index in [0.717, 1.165) is 72.4 Å². The summed E-state index contributed by atoms with van der Waals surface area (Å²) in [6.45, 7) is 0. The maximum absolute atomic E-state index is 5.33. The highest BCUT2D eigenvalue weighted by molar-refractivity contribution is 6.25. The van der Waals surface area contributed by atoms with Crippen LogP contribution in [-0.4, -0.2) is 19.9 Å². The molecule has 0 N–H and O–H groups in total. The predicted molar refractivity (Wildman–Crippen MR) is 240 cm³/mol. The third-order valence-corrected chi connectivity index (χ3v) is 11.1. The Morgan fingerprint density at radius 3 is 1.64 bits per heavy atom. The van der Waals surface area contributed by atoms with Crippen molar-refractivity contribution in [3.8, 4) is 67.5 Å². The highest BCUT2D eigenvalue weighted by Gasteiger charge is 2.17. The van der Waals surface area contributed by atoms with Crippen LogP contribution in [0.4, 0.5) is 0 Å². The summed E-state index contributed by atoms with van der Waals surface area (Å²) in [6.07, 6.45) is 1.78. The zero-order valence-electron chi connectivity index (χ0n) is 31.4. The number of rotatable bonds is 6. The topological polar surface area (TPSA) is 51.6 Å². The zero-order valence-corrected chi connectivity index (χ0v) is 31.4. The maximum atomic E-state index is 5.33. The zero-order chi connectivity index (χ0) is 38.4. The van der Waals surface area contributed by atoms with Gasteiger partial charge in [-0.2, -0.15) is 0 Å². The van der Waals surface area contributed by atoms with Crippen LogP contribution in [0, 0.1) is 0 Å². The maximum Gasteiger partial charge on any atom is 0.179 e. The van der Waals surface area contributed by atoms with Gasteiger partial charge in [0.2, 0.25) is 0 Å². The number of benzene rings is 8. The Morgan fingerprint density at radius 2 is 0.897 bits per heavy atom. The van der Waals surface area contributed by atoms with Gasteiger partial charge in [-0.1, -0.05) is 164 Å². The molecule has 0 saturated heterocycles. The lowest BCUT2D eigenvalue weighted by Crippen LogP contribution is -1.97. The molecule has 11 aromatic rings. The van der Waals surface area contributed by atoms with Gasteiger partial charge in [0.1, 0.15) is 5.69 Å². The molecule has 0 fully saturated rings. The molecule has 0 spiro atoms. The molecule has 3 heterocycles. The van der Waals surface area contributed by atoms with Crippen molar-refractivity contribution in [1.82, 2.24) is 19.9 Å².